The largest absolute Gasteiger partial charge is 0.303 e. The topological polar surface area (TPSA) is 3.24 Å². The summed E-state index contributed by atoms with van der Waals surface area (Å²) in [6.07, 6.45) is 11.8. The van der Waals surface area contributed by atoms with E-state index in [0.717, 1.165) is 5.25 Å². The van der Waals surface area contributed by atoms with Crippen molar-refractivity contribution in [3.63, 3.8) is 0 Å². The summed E-state index contributed by atoms with van der Waals surface area (Å²) in [5.41, 5.74) is 0. The van der Waals surface area contributed by atoms with E-state index >= 15 is 0 Å². The van der Waals surface area contributed by atoms with Gasteiger partial charge in [0.25, 0.3) is 0 Å². The van der Waals surface area contributed by atoms with Crippen molar-refractivity contribution in [3.05, 3.63) is 0 Å². The van der Waals surface area contributed by atoms with Gasteiger partial charge >= 0.3 is 0 Å². The van der Waals surface area contributed by atoms with Crippen LogP contribution < -0.4 is 0 Å². The number of hydrogen-bond acceptors (Lipinski definition) is 2. The van der Waals surface area contributed by atoms with E-state index in [-0.39, 0.29) is 0 Å². The summed E-state index contributed by atoms with van der Waals surface area (Å²) in [4.78, 5) is 2.67. The molecule has 0 spiro atoms. The van der Waals surface area contributed by atoms with Crippen LogP contribution in [0, 0.1) is 0 Å². The van der Waals surface area contributed by atoms with Gasteiger partial charge in [-0.05, 0) is 38.8 Å². The van der Waals surface area contributed by atoms with Crippen molar-refractivity contribution in [2.24, 2.45) is 0 Å². The minimum Gasteiger partial charge on any atom is -0.303 e. The Hall–Kier alpha value is 0.310. The van der Waals surface area contributed by atoms with Crippen molar-refractivity contribution in [1.82, 2.24) is 4.90 Å². The third-order valence-corrected chi connectivity index (χ3v) is 5.12. The fourth-order valence-electron chi connectivity index (χ4n) is 2.76. The number of nitrogens with zero attached hydrogens (tertiary/aromatic N) is 1. The molecule has 1 aliphatic carbocycles. The quantitative estimate of drug-likeness (QED) is 0.723. The normalized spacial score (nSPS) is 25.6. The van der Waals surface area contributed by atoms with Crippen LogP contribution in [0.2, 0.25) is 0 Å². The highest BCUT2D eigenvalue weighted by molar-refractivity contribution is 7.99. The van der Waals surface area contributed by atoms with Crippen LogP contribution in [0.3, 0.4) is 0 Å². The Balaban J connectivity index is 1.53. The molecule has 2 fully saturated rings. The molecule has 0 unspecified atom stereocenters. The second-order valence-electron chi connectivity index (χ2n) is 5.03. The van der Waals surface area contributed by atoms with Gasteiger partial charge in [-0.25, -0.2) is 0 Å². The molecule has 1 aliphatic heterocycles. The maximum absolute atomic E-state index is 2.67. The highest BCUT2D eigenvalue weighted by Crippen LogP contribution is 2.28. The van der Waals surface area contributed by atoms with Crippen molar-refractivity contribution in [3.8, 4) is 0 Å². The number of likely N-dealkylation sites (tertiary alicyclic amines) is 1. The Morgan fingerprint density at radius 3 is 2.27 bits per heavy atom. The van der Waals surface area contributed by atoms with Crippen molar-refractivity contribution < 1.29 is 0 Å². The smallest absolute Gasteiger partial charge is 0.00724 e. The monoisotopic (exact) mass is 227 g/mol. The van der Waals surface area contributed by atoms with Gasteiger partial charge in [0.1, 0.15) is 0 Å². The summed E-state index contributed by atoms with van der Waals surface area (Å²) in [6, 6.07) is 0. The zero-order chi connectivity index (χ0) is 10.3. The molecule has 1 nitrogen and oxygen atoms in total. The first-order chi connectivity index (χ1) is 7.45. The molecular weight excluding hydrogens is 202 g/mol. The van der Waals surface area contributed by atoms with Gasteiger partial charge < -0.3 is 4.90 Å². The molecule has 1 saturated heterocycles. The van der Waals surface area contributed by atoms with Crippen molar-refractivity contribution in [2.75, 3.05) is 25.4 Å². The molecule has 0 bridgehead atoms. The molecule has 2 heteroatoms. The van der Waals surface area contributed by atoms with Crippen LogP contribution in [0.4, 0.5) is 0 Å². The standard InChI is InChI=1S/C13H25NS/c1-3-7-13(8-4-1)15-12-11-14-9-5-2-6-10-14/h13H,1-12H2. The fraction of sp³-hybridized carbons (Fsp3) is 1.00. The molecule has 1 heterocycles. The molecule has 88 valence electrons. The Bertz CT molecular complexity index is 142. The van der Waals surface area contributed by atoms with E-state index in [0.29, 0.717) is 0 Å². The van der Waals surface area contributed by atoms with Gasteiger partial charge in [0, 0.05) is 17.5 Å². The number of thioether (sulfide) groups is 1. The number of piperidine rings is 1. The molecule has 0 radical (unpaired) electrons. The van der Waals surface area contributed by atoms with Gasteiger partial charge in [-0.3, -0.25) is 0 Å². The maximum Gasteiger partial charge on any atom is 0.00724 e. The summed E-state index contributed by atoms with van der Waals surface area (Å²) in [7, 11) is 0. The summed E-state index contributed by atoms with van der Waals surface area (Å²) in [5.74, 6) is 1.38. The van der Waals surface area contributed by atoms with E-state index < -0.39 is 0 Å². The number of rotatable bonds is 4. The first-order valence-electron chi connectivity index (χ1n) is 6.79. The molecule has 2 rings (SSSR count). The molecule has 0 N–H and O–H groups in total. The van der Waals surface area contributed by atoms with Crippen LogP contribution in [0.15, 0.2) is 0 Å². The first-order valence-corrected chi connectivity index (χ1v) is 7.84. The molecule has 0 aromatic rings. The molecule has 0 aromatic heterocycles. The molecular formula is C13H25NS. The van der Waals surface area contributed by atoms with Crippen LogP contribution in [-0.2, 0) is 0 Å². The van der Waals surface area contributed by atoms with Crippen LogP contribution >= 0.6 is 11.8 Å². The Morgan fingerprint density at radius 2 is 1.53 bits per heavy atom. The lowest BCUT2D eigenvalue weighted by atomic mass is 10.0. The first kappa shape index (κ1) is 11.8. The van der Waals surface area contributed by atoms with Crippen LogP contribution in [0.5, 0.6) is 0 Å². The average molecular weight is 227 g/mol. The second kappa shape index (κ2) is 6.80. The van der Waals surface area contributed by atoms with Gasteiger partial charge in [-0.2, -0.15) is 11.8 Å². The van der Waals surface area contributed by atoms with Gasteiger partial charge in [0.15, 0.2) is 0 Å². The molecule has 0 amide bonds. The van der Waals surface area contributed by atoms with Gasteiger partial charge in [0.2, 0.25) is 0 Å². The SMILES string of the molecule is C1CCC(SCCN2CCCCC2)CC1. The minimum atomic E-state index is 1.00. The lowest BCUT2D eigenvalue weighted by Gasteiger charge is -2.27. The van der Waals surface area contributed by atoms with Crippen molar-refractivity contribution in [2.45, 2.75) is 56.6 Å². The zero-order valence-corrected chi connectivity index (χ0v) is 10.7. The summed E-state index contributed by atoms with van der Waals surface area (Å²) in [6.45, 7) is 4.08. The third kappa shape index (κ3) is 4.36. The Morgan fingerprint density at radius 1 is 0.867 bits per heavy atom. The molecule has 0 atom stereocenters. The lowest BCUT2D eigenvalue weighted by molar-refractivity contribution is 0.242. The minimum absolute atomic E-state index is 1.00. The van der Waals surface area contributed by atoms with E-state index in [9.17, 15) is 0 Å². The highest BCUT2D eigenvalue weighted by Gasteiger charge is 2.14. The third-order valence-electron chi connectivity index (χ3n) is 3.76. The van der Waals surface area contributed by atoms with Gasteiger partial charge in [0.05, 0.1) is 0 Å². The van der Waals surface area contributed by atoms with E-state index in [1.54, 1.807) is 0 Å². The van der Waals surface area contributed by atoms with E-state index in [1.807, 2.05) is 0 Å². The summed E-state index contributed by atoms with van der Waals surface area (Å²) in [5, 5.41) is 1.00. The van der Waals surface area contributed by atoms with Crippen molar-refractivity contribution >= 4 is 11.8 Å². The Labute approximate surface area is 99.0 Å². The van der Waals surface area contributed by atoms with Gasteiger partial charge in [-0.1, -0.05) is 25.7 Å². The second-order valence-corrected chi connectivity index (χ2v) is 6.44. The van der Waals surface area contributed by atoms with Crippen LogP contribution in [-0.4, -0.2) is 35.5 Å². The van der Waals surface area contributed by atoms with E-state index in [4.69, 9.17) is 0 Å². The maximum atomic E-state index is 2.67. The van der Waals surface area contributed by atoms with Crippen molar-refractivity contribution in [1.29, 1.82) is 0 Å². The van der Waals surface area contributed by atoms with E-state index in [1.165, 1.54) is 76.8 Å². The van der Waals surface area contributed by atoms with Crippen LogP contribution in [0.1, 0.15) is 51.4 Å². The van der Waals surface area contributed by atoms with Gasteiger partial charge in [-0.15, -0.1) is 0 Å². The predicted molar refractivity (Wildman–Crippen MR) is 69.6 cm³/mol. The molecule has 1 saturated carbocycles. The van der Waals surface area contributed by atoms with Crippen LogP contribution in [0.25, 0.3) is 0 Å². The summed E-state index contributed by atoms with van der Waals surface area (Å²) >= 11 is 2.25. The lowest BCUT2D eigenvalue weighted by Crippen LogP contribution is -2.32. The Kier molecular flexibility index (Phi) is 5.34. The zero-order valence-electron chi connectivity index (χ0n) is 9.92. The highest BCUT2D eigenvalue weighted by atomic mass is 32.2. The predicted octanol–water partition coefficient (Wildman–Crippen LogP) is 3.54. The molecule has 15 heavy (non-hydrogen) atoms. The fourth-order valence-corrected chi connectivity index (χ4v) is 4.13. The number of hydrogen-bond donors (Lipinski definition) is 0. The average Bonchev–Trinajstić information content (AvgIpc) is 2.32. The molecule has 2 aliphatic rings. The summed E-state index contributed by atoms with van der Waals surface area (Å²) < 4.78 is 0. The van der Waals surface area contributed by atoms with E-state index in [2.05, 4.69) is 16.7 Å². The molecule has 0 aromatic carbocycles.